The molecule has 0 fully saturated rings. The number of para-hydroxylation sites is 1. The lowest BCUT2D eigenvalue weighted by Crippen LogP contribution is -2.40. The molecule has 0 N–H and O–H groups in total. The lowest BCUT2D eigenvalue weighted by molar-refractivity contribution is -0.143. The summed E-state index contributed by atoms with van der Waals surface area (Å²) in [6.07, 6.45) is -8.01. The van der Waals surface area contributed by atoms with Crippen molar-refractivity contribution in [2.45, 2.75) is 37.3 Å². The van der Waals surface area contributed by atoms with E-state index >= 15 is 0 Å². The van der Waals surface area contributed by atoms with E-state index in [0.29, 0.717) is 28.8 Å². The molecule has 5 aromatic rings. The van der Waals surface area contributed by atoms with Gasteiger partial charge in [0.05, 0.1) is 16.6 Å². The number of hydrogen-bond donors (Lipinski definition) is 0. The van der Waals surface area contributed by atoms with Gasteiger partial charge in [0.2, 0.25) is 0 Å². The average Bonchev–Trinajstić information content (AvgIpc) is 3.51. The van der Waals surface area contributed by atoms with Gasteiger partial charge in [-0.1, -0.05) is 78.9 Å². The zero-order chi connectivity index (χ0) is 29.7. The van der Waals surface area contributed by atoms with Crippen molar-refractivity contribution < 1.29 is 31.1 Å². The van der Waals surface area contributed by atoms with E-state index in [2.05, 4.69) is 0 Å². The van der Waals surface area contributed by atoms with E-state index in [4.69, 9.17) is 9.73 Å². The Kier molecular flexibility index (Phi) is 6.63. The fourth-order valence-electron chi connectivity index (χ4n) is 5.78. The molecule has 3 nitrogen and oxygen atoms in total. The first-order valence-electron chi connectivity index (χ1n) is 13.2. The zero-order valence-electron chi connectivity index (χ0n) is 22.2. The first-order chi connectivity index (χ1) is 20.0. The molecule has 6 rings (SSSR count). The molecule has 42 heavy (non-hydrogen) atoms. The highest BCUT2D eigenvalue weighted by molar-refractivity contribution is 5.86. The molecule has 0 bridgehead atoms. The Morgan fingerprint density at radius 2 is 1.26 bits per heavy atom. The number of alkyl halides is 6. The molecule has 0 radical (unpaired) electrons. The van der Waals surface area contributed by atoms with Gasteiger partial charge in [0.1, 0.15) is 6.04 Å². The Hall–Kier alpha value is -4.53. The number of benzene rings is 4. The molecule has 1 aliphatic heterocycles. The van der Waals surface area contributed by atoms with Gasteiger partial charge in [0.15, 0.2) is 11.5 Å². The molecule has 214 valence electrons. The van der Waals surface area contributed by atoms with Gasteiger partial charge in [-0.05, 0) is 29.8 Å². The molecule has 0 aliphatic carbocycles. The molecule has 1 aromatic heterocycles. The van der Waals surface area contributed by atoms with Crippen molar-refractivity contribution >= 4 is 16.8 Å². The SMILES string of the molecule is CC1=NC(Cc2cn(-c3cc(C(F)(F)F)cc(C(F)(F)F)c3)c3ccccc23)C(c2ccccc2)(c2ccccc2)O1. The average molecular weight is 579 g/mol. The first kappa shape index (κ1) is 27.6. The quantitative estimate of drug-likeness (QED) is 0.191. The van der Waals surface area contributed by atoms with Crippen LogP contribution in [0, 0.1) is 0 Å². The van der Waals surface area contributed by atoms with Crippen molar-refractivity contribution in [3.05, 3.63) is 137 Å². The maximum absolute atomic E-state index is 13.7. The van der Waals surface area contributed by atoms with Gasteiger partial charge in [0.25, 0.3) is 0 Å². The van der Waals surface area contributed by atoms with Crippen LogP contribution in [0.15, 0.2) is 114 Å². The van der Waals surface area contributed by atoms with Gasteiger partial charge in [-0.2, -0.15) is 26.3 Å². The first-order valence-corrected chi connectivity index (χ1v) is 13.2. The van der Waals surface area contributed by atoms with Crippen LogP contribution in [0.4, 0.5) is 26.3 Å². The molecule has 0 amide bonds. The Labute approximate surface area is 237 Å². The summed E-state index contributed by atoms with van der Waals surface area (Å²) in [6.45, 7) is 1.77. The van der Waals surface area contributed by atoms with Crippen LogP contribution in [-0.2, 0) is 29.1 Å². The second kappa shape index (κ2) is 10.1. The normalized spacial score (nSPS) is 16.8. The number of hydrogen-bond acceptors (Lipinski definition) is 2. The standard InChI is InChI=1S/C33H24F6N2O/c1-21-40-30(31(42-21,23-10-4-2-5-11-23)24-12-6-3-7-13-24)16-22-20-41(29-15-9-8-14-28(22)29)27-18-25(32(34,35)36)17-26(19-27)33(37,38)39/h2-15,17-20,30H,16H2,1H3. The summed E-state index contributed by atoms with van der Waals surface area (Å²) in [4.78, 5) is 4.86. The fraction of sp³-hybridized carbons (Fsp3) is 0.182. The lowest BCUT2D eigenvalue weighted by Gasteiger charge is -2.34. The van der Waals surface area contributed by atoms with E-state index in [9.17, 15) is 26.3 Å². The topological polar surface area (TPSA) is 26.5 Å². The maximum atomic E-state index is 13.7. The molecule has 4 aromatic carbocycles. The number of rotatable bonds is 5. The minimum atomic E-state index is -4.96. The maximum Gasteiger partial charge on any atom is 0.416 e. The van der Waals surface area contributed by atoms with E-state index in [1.807, 2.05) is 60.7 Å². The molecule has 1 atom stereocenters. The highest BCUT2D eigenvalue weighted by Crippen LogP contribution is 2.45. The molecule has 0 saturated heterocycles. The molecule has 2 heterocycles. The number of ether oxygens (including phenoxy) is 1. The molecule has 0 spiro atoms. The Bertz CT molecular complexity index is 1700. The number of fused-ring (bicyclic) bond motifs is 1. The third-order valence-electron chi connectivity index (χ3n) is 7.58. The van der Waals surface area contributed by atoms with Crippen LogP contribution in [0.5, 0.6) is 0 Å². The van der Waals surface area contributed by atoms with Gasteiger partial charge in [-0.25, -0.2) is 4.99 Å². The second-order valence-corrected chi connectivity index (χ2v) is 10.2. The van der Waals surface area contributed by atoms with Crippen LogP contribution >= 0.6 is 0 Å². The van der Waals surface area contributed by atoms with E-state index in [0.717, 1.165) is 23.3 Å². The number of aromatic nitrogens is 1. The fourth-order valence-corrected chi connectivity index (χ4v) is 5.78. The summed E-state index contributed by atoms with van der Waals surface area (Å²) in [6, 6.07) is 27.4. The summed E-state index contributed by atoms with van der Waals surface area (Å²) in [5.41, 5.74) is -1.04. The monoisotopic (exact) mass is 578 g/mol. The number of halogens is 6. The second-order valence-electron chi connectivity index (χ2n) is 10.2. The summed E-state index contributed by atoms with van der Waals surface area (Å²) in [5, 5.41) is 0.693. The predicted octanol–water partition coefficient (Wildman–Crippen LogP) is 8.97. The Morgan fingerprint density at radius 3 is 1.81 bits per heavy atom. The third-order valence-corrected chi connectivity index (χ3v) is 7.58. The van der Waals surface area contributed by atoms with E-state index < -0.39 is 35.1 Å². The highest BCUT2D eigenvalue weighted by atomic mass is 19.4. The molecule has 0 saturated carbocycles. The van der Waals surface area contributed by atoms with Gasteiger partial charge in [0, 0.05) is 41.7 Å². The van der Waals surface area contributed by atoms with Crippen LogP contribution in [-0.4, -0.2) is 16.5 Å². The minimum absolute atomic E-state index is 0.136. The van der Waals surface area contributed by atoms with Gasteiger partial charge >= 0.3 is 12.4 Å². The van der Waals surface area contributed by atoms with Crippen molar-refractivity contribution in [3.63, 3.8) is 0 Å². The summed E-state index contributed by atoms with van der Waals surface area (Å²) >= 11 is 0. The van der Waals surface area contributed by atoms with Crippen LogP contribution in [0.1, 0.15) is 34.7 Å². The molecule has 1 aliphatic rings. The minimum Gasteiger partial charge on any atom is -0.463 e. The molecule has 9 heteroatoms. The van der Waals surface area contributed by atoms with Crippen LogP contribution < -0.4 is 0 Å². The van der Waals surface area contributed by atoms with Crippen LogP contribution in [0.25, 0.3) is 16.6 Å². The third kappa shape index (κ3) is 4.82. The molecular weight excluding hydrogens is 554 g/mol. The Balaban J connectivity index is 1.52. The van der Waals surface area contributed by atoms with Gasteiger partial charge < -0.3 is 9.30 Å². The number of nitrogens with zero attached hydrogens (tertiary/aromatic N) is 2. The number of aliphatic imine (C=N–C) groups is 1. The smallest absolute Gasteiger partial charge is 0.416 e. The van der Waals surface area contributed by atoms with Crippen molar-refractivity contribution in [2.75, 3.05) is 0 Å². The zero-order valence-corrected chi connectivity index (χ0v) is 22.2. The molecule has 1 unspecified atom stereocenters. The predicted molar refractivity (Wildman–Crippen MR) is 149 cm³/mol. The largest absolute Gasteiger partial charge is 0.463 e. The summed E-state index contributed by atoms with van der Waals surface area (Å²) in [5.74, 6) is 0.476. The Morgan fingerprint density at radius 1 is 0.738 bits per heavy atom. The van der Waals surface area contributed by atoms with Crippen molar-refractivity contribution in [1.82, 2.24) is 4.57 Å². The van der Waals surface area contributed by atoms with E-state index in [1.54, 1.807) is 37.4 Å². The lowest BCUT2D eigenvalue weighted by atomic mass is 9.78. The van der Waals surface area contributed by atoms with Gasteiger partial charge in [-0.15, -0.1) is 0 Å². The molecular formula is C33H24F6N2O. The summed E-state index contributed by atoms with van der Waals surface area (Å²) < 4.78 is 90.0. The van der Waals surface area contributed by atoms with Crippen LogP contribution in [0.3, 0.4) is 0 Å². The highest BCUT2D eigenvalue weighted by Gasteiger charge is 2.49. The van der Waals surface area contributed by atoms with Crippen molar-refractivity contribution in [3.8, 4) is 5.69 Å². The van der Waals surface area contributed by atoms with Crippen LogP contribution in [0.2, 0.25) is 0 Å². The van der Waals surface area contributed by atoms with E-state index in [1.165, 1.54) is 4.57 Å². The summed E-state index contributed by atoms with van der Waals surface area (Å²) in [7, 11) is 0. The van der Waals surface area contributed by atoms with Crippen molar-refractivity contribution in [1.29, 1.82) is 0 Å². The van der Waals surface area contributed by atoms with Crippen molar-refractivity contribution in [2.24, 2.45) is 4.99 Å². The van der Waals surface area contributed by atoms with E-state index in [-0.39, 0.29) is 11.8 Å². The van der Waals surface area contributed by atoms with Gasteiger partial charge in [-0.3, -0.25) is 0 Å².